The third-order valence-electron chi connectivity index (χ3n) is 8.58. The summed E-state index contributed by atoms with van der Waals surface area (Å²) in [7, 11) is -3.97. The number of carbonyl (C=O) groups excluding carboxylic acids is 1. The Hall–Kier alpha value is -4.74. The van der Waals surface area contributed by atoms with Crippen LogP contribution in [0.25, 0.3) is 16.7 Å². The van der Waals surface area contributed by atoms with E-state index in [4.69, 9.17) is 9.52 Å². The molecule has 10 nitrogen and oxygen atoms in total. The molecule has 47 heavy (non-hydrogen) atoms. The van der Waals surface area contributed by atoms with Gasteiger partial charge in [-0.2, -0.15) is 5.10 Å². The van der Waals surface area contributed by atoms with Crippen LogP contribution in [0.2, 0.25) is 0 Å². The summed E-state index contributed by atoms with van der Waals surface area (Å²) in [6, 6.07) is 23.6. The molecule has 3 aromatic carbocycles. The molecule has 5 aromatic rings. The fourth-order valence-electron chi connectivity index (χ4n) is 6.04. The first-order valence-corrected chi connectivity index (χ1v) is 17.3. The summed E-state index contributed by atoms with van der Waals surface area (Å²) >= 11 is 0. The number of carbonyl (C=O) groups is 1. The van der Waals surface area contributed by atoms with E-state index in [1.165, 1.54) is 18.2 Å². The largest absolute Gasteiger partial charge is 0.423 e. The number of urea groups is 1. The molecule has 11 heteroatoms. The Morgan fingerprint density at radius 3 is 2.40 bits per heavy atom. The van der Waals surface area contributed by atoms with E-state index in [0.29, 0.717) is 54.0 Å². The highest BCUT2D eigenvalue weighted by Gasteiger charge is 2.38. The van der Waals surface area contributed by atoms with E-state index < -0.39 is 26.7 Å². The molecule has 3 heterocycles. The molecule has 1 unspecified atom stereocenters. The van der Waals surface area contributed by atoms with E-state index >= 15 is 0 Å². The van der Waals surface area contributed by atoms with Crippen LogP contribution in [0.4, 0.5) is 16.3 Å². The van der Waals surface area contributed by atoms with Crippen molar-refractivity contribution in [3.63, 3.8) is 0 Å². The number of nitrogens with one attached hydrogen (secondary N) is 3. The first-order chi connectivity index (χ1) is 22.4. The van der Waals surface area contributed by atoms with Crippen LogP contribution in [0.5, 0.6) is 0 Å². The van der Waals surface area contributed by atoms with Crippen molar-refractivity contribution in [2.24, 2.45) is 5.92 Å². The number of sulfone groups is 1. The average Bonchev–Trinajstić information content (AvgIpc) is 3.47. The van der Waals surface area contributed by atoms with Crippen LogP contribution in [0.15, 0.2) is 99.0 Å². The lowest BCUT2D eigenvalue weighted by atomic mass is 9.89. The lowest BCUT2D eigenvalue weighted by molar-refractivity contribution is 0.262. The SMILES string of the molecule is Cc1ccc(-n2nc(C(C)(C)C)cc2NC(=O)Nc2ccccc2C(C2CCNCC2)S(=O)(=O)c2ccc3oc(=O)ccc3c2)cc1. The average molecular weight is 654 g/mol. The maximum absolute atomic E-state index is 14.5. The number of aryl methyl sites for hydroxylation is 1. The summed E-state index contributed by atoms with van der Waals surface area (Å²) in [5, 5.41) is 13.6. The number of amides is 2. The molecular formula is C36H39N5O5S. The van der Waals surface area contributed by atoms with Crippen molar-refractivity contribution in [1.29, 1.82) is 0 Å². The molecule has 3 N–H and O–H groups in total. The maximum atomic E-state index is 14.5. The smallest absolute Gasteiger partial charge is 0.336 e. The number of fused-ring (bicyclic) bond motifs is 1. The number of benzene rings is 3. The Kier molecular flexibility index (Phi) is 8.78. The minimum atomic E-state index is -3.97. The minimum Gasteiger partial charge on any atom is -0.423 e. The van der Waals surface area contributed by atoms with Crippen LogP contribution in [0.1, 0.15) is 55.7 Å². The van der Waals surface area contributed by atoms with Gasteiger partial charge in [-0.1, -0.05) is 56.7 Å². The van der Waals surface area contributed by atoms with E-state index in [2.05, 4.69) is 36.7 Å². The molecule has 244 valence electrons. The van der Waals surface area contributed by atoms with Crippen molar-refractivity contribution < 1.29 is 17.6 Å². The van der Waals surface area contributed by atoms with Crippen LogP contribution in [-0.2, 0) is 15.3 Å². The van der Waals surface area contributed by atoms with Gasteiger partial charge < -0.3 is 15.1 Å². The van der Waals surface area contributed by atoms with Crippen LogP contribution in [0.3, 0.4) is 0 Å². The van der Waals surface area contributed by atoms with Crippen molar-refractivity contribution in [2.75, 3.05) is 23.7 Å². The summed E-state index contributed by atoms with van der Waals surface area (Å²) < 4.78 is 36.0. The Balaban J connectivity index is 1.36. The predicted octanol–water partition coefficient (Wildman–Crippen LogP) is 6.74. The molecular weight excluding hydrogens is 614 g/mol. The number of anilines is 2. The van der Waals surface area contributed by atoms with E-state index in [0.717, 1.165) is 16.9 Å². The van der Waals surface area contributed by atoms with Gasteiger partial charge in [0.1, 0.15) is 11.4 Å². The lowest BCUT2D eigenvalue weighted by Gasteiger charge is -2.32. The third-order valence-corrected chi connectivity index (χ3v) is 10.8. The van der Waals surface area contributed by atoms with Crippen LogP contribution in [-0.4, -0.2) is 37.3 Å². The lowest BCUT2D eigenvalue weighted by Crippen LogP contribution is -2.34. The number of para-hydroxylation sites is 1. The fraction of sp³-hybridized carbons (Fsp3) is 0.306. The molecule has 6 rings (SSSR count). The van der Waals surface area contributed by atoms with Gasteiger partial charge in [0, 0.05) is 28.6 Å². The maximum Gasteiger partial charge on any atom is 0.336 e. The number of aromatic nitrogens is 2. The zero-order valence-electron chi connectivity index (χ0n) is 26.9. The normalized spacial score (nSPS) is 15.0. The first kappa shape index (κ1) is 32.2. The van der Waals surface area contributed by atoms with Gasteiger partial charge in [0.2, 0.25) is 0 Å². The van der Waals surface area contributed by atoms with E-state index in [9.17, 15) is 18.0 Å². The molecule has 1 fully saturated rings. The number of piperidine rings is 1. The zero-order chi connectivity index (χ0) is 33.3. The number of hydrogen-bond acceptors (Lipinski definition) is 7. The predicted molar refractivity (Wildman–Crippen MR) is 184 cm³/mol. The standard InChI is InChI=1S/C36H39N5O5S/c1-23-9-12-26(13-10-23)41-32(22-31(40-41)36(2,3)4)39-35(43)38-29-8-6-5-7-28(29)34(24-17-19-37-20-18-24)47(44,45)27-14-15-30-25(21-27)11-16-33(42)46-30/h5-16,21-22,24,34,37H,17-20H2,1-4H3,(H2,38,39,43). The third kappa shape index (κ3) is 6.86. The van der Waals surface area contributed by atoms with E-state index in [1.54, 1.807) is 41.1 Å². The van der Waals surface area contributed by atoms with Crippen molar-refractivity contribution in [1.82, 2.24) is 15.1 Å². The van der Waals surface area contributed by atoms with Gasteiger partial charge in [-0.3, -0.25) is 5.32 Å². The summed E-state index contributed by atoms with van der Waals surface area (Å²) in [6.07, 6.45) is 1.30. The summed E-state index contributed by atoms with van der Waals surface area (Å²) in [5.41, 5.74) is 3.17. The van der Waals surface area contributed by atoms with Gasteiger partial charge in [0.15, 0.2) is 9.84 Å². The molecule has 1 atom stereocenters. The molecule has 2 amide bonds. The molecule has 0 saturated carbocycles. The number of rotatable bonds is 7. The van der Waals surface area contributed by atoms with Crippen LogP contribution in [0, 0.1) is 12.8 Å². The van der Waals surface area contributed by atoms with Gasteiger partial charge in [-0.15, -0.1) is 0 Å². The second kappa shape index (κ2) is 12.8. The van der Waals surface area contributed by atoms with Crippen LogP contribution >= 0.6 is 0 Å². The highest BCUT2D eigenvalue weighted by molar-refractivity contribution is 7.91. The van der Waals surface area contributed by atoms with Crippen molar-refractivity contribution in [3.05, 3.63) is 112 Å². The summed E-state index contributed by atoms with van der Waals surface area (Å²) in [4.78, 5) is 25.5. The van der Waals surface area contributed by atoms with Crippen molar-refractivity contribution in [3.8, 4) is 5.69 Å². The number of nitrogens with zero attached hydrogens (tertiary/aromatic N) is 2. The molecule has 1 aliphatic heterocycles. The van der Waals surface area contributed by atoms with Gasteiger partial charge in [0.05, 0.1) is 21.5 Å². The number of hydrogen-bond donors (Lipinski definition) is 3. The van der Waals surface area contributed by atoms with Gasteiger partial charge >= 0.3 is 11.7 Å². The van der Waals surface area contributed by atoms with E-state index in [-0.39, 0.29) is 16.2 Å². The van der Waals surface area contributed by atoms with Gasteiger partial charge in [-0.05, 0) is 86.8 Å². The molecule has 0 aliphatic carbocycles. The second-order valence-electron chi connectivity index (χ2n) is 13.1. The fourth-order valence-corrected chi connectivity index (χ4v) is 8.20. The molecule has 1 saturated heterocycles. The first-order valence-electron chi connectivity index (χ1n) is 15.7. The monoisotopic (exact) mass is 653 g/mol. The van der Waals surface area contributed by atoms with Gasteiger partial charge in [0.25, 0.3) is 0 Å². The Morgan fingerprint density at radius 2 is 1.68 bits per heavy atom. The molecule has 0 spiro atoms. The van der Waals surface area contributed by atoms with Crippen LogP contribution < -0.4 is 21.6 Å². The second-order valence-corrected chi connectivity index (χ2v) is 15.2. The van der Waals surface area contributed by atoms with Crippen molar-refractivity contribution >= 4 is 38.3 Å². The molecule has 2 aromatic heterocycles. The Labute approximate surface area is 274 Å². The Morgan fingerprint density at radius 1 is 0.957 bits per heavy atom. The minimum absolute atomic E-state index is 0.123. The molecule has 1 aliphatic rings. The molecule has 0 radical (unpaired) electrons. The summed E-state index contributed by atoms with van der Waals surface area (Å²) in [6.45, 7) is 9.56. The van der Waals surface area contributed by atoms with Crippen molar-refractivity contribution in [2.45, 2.75) is 56.1 Å². The van der Waals surface area contributed by atoms with E-state index in [1.807, 2.05) is 37.3 Å². The highest BCUT2D eigenvalue weighted by Crippen LogP contribution is 2.42. The van der Waals surface area contributed by atoms with Gasteiger partial charge in [-0.25, -0.2) is 22.7 Å². The summed E-state index contributed by atoms with van der Waals surface area (Å²) in [5.74, 6) is 0.285. The zero-order valence-corrected chi connectivity index (χ0v) is 27.7. The highest BCUT2D eigenvalue weighted by atomic mass is 32.2. The Bertz CT molecular complexity index is 2090. The quantitative estimate of drug-likeness (QED) is 0.166. The topological polar surface area (TPSA) is 135 Å². The molecule has 0 bridgehead atoms.